The second-order valence-electron chi connectivity index (χ2n) is 5.01. The fraction of sp³-hybridized carbons (Fsp3) is 0.125. The molecule has 0 saturated carbocycles. The molecule has 1 amide bonds. The van der Waals surface area contributed by atoms with Crippen LogP contribution in [0.2, 0.25) is 0 Å². The van der Waals surface area contributed by atoms with Crippen molar-refractivity contribution in [3.05, 3.63) is 59.7 Å². The van der Waals surface area contributed by atoms with Gasteiger partial charge in [0.2, 0.25) is 10.0 Å². The van der Waals surface area contributed by atoms with Gasteiger partial charge in [-0.1, -0.05) is 18.2 Å². The summed E-state index contributed by atoms with van der Waals surface area (Å²) in [4.78, 5) is 23.6. The zero-order valence-electron chi connectivity index (χ0n) is 12.9. The number of aryl methyl sites for hydroxylation is 1. The van der Waals surface area contributed by atoms with E-state index < -0.39 is 28.5 Å². The van der Waals surface area contributed by atoms with Crippen molar-refractivity contribution < 1.29 is 22.7 Å². The van der Waals surface area contributed by atoms with Gasteiger partial charge in [0.25, 0.3) is 5.91 Å². The van der Waals surface area contributed by atoms with Crippen molar-refractivity contribution in [2.24, 2.45) is 5.14 Å². The minimum Gasteiger partial charge on any atom is -0.452 e. The van der Waals surface area contributed by atoms with Gasteiger partial charge in [-0.3, -0.25) is 4.79 Å². The highest BCUT2D eigenvalue weighted by molar-refractivity contribution is 7.89. The molecule has 2 aromatic carbocycles. The molecule has 0 atom stereocenters. The van der Waals surface area contributed by atoms with E-state index >= 15 is 0 Å². The molecule has 0 aliphatic heterocycles. The first-order chi connectivity index (χ1) is 11.3. The van der Waals surface area contributed by atoms with Crippen molar-refractivity contribution in [2.45, 2.75) is 11.8 Å². The average Bonchev–Trinajstić information content (AvgIpc) is 2.53. The Labute approximate surface area is 139 Å². The summed E-state index contributed by atoms with van der Waals surface area (Å²) in [5.74, 6) is -1.13. The Morgan fingerprint density at radius 2 is 1.71 bits per heavy atom. The highest BCUT2D eigenvalue weighted by Gasteiger charge is 2.13. The molecule has 0 heterocycles. The van der Waals surface area contributed by atoms with Crippen LogP contribution < -0.4 is 10.5 Å². The standard InChI is InChI=1S/C16H16N2O5S/c1-11-4-2-3-5-14(11)16(20)23-10-15(19)18-12-6-8-13(9-7-12)24(17,21)22/h2-9H,10H2,1H3,(H,18,19)(H2,17,21,22). The third-order valence-corrected chi connectivity index (χ3v) is 4.10. The third kappa shape index (κ3) is 4.64. The normalized spacial score (nSPS) is 10.9. The van der Waals surface area contributed by atoms with E-state index in [2.05, 4.69) is 5.32 Å². The molecule has 0 radical (unpaired) electrons. The van der Waals surface area contributed by atoms with E-state index in [1.165, 1.54) is 24.3 Å². The molecular formula is C16H16N2O5S. The van der Waals surface area contributed by atoms with E-state index in [1.54, 1.807) is 31.2 Å². The number of carbonyl (C=O) groups excluding carboxylic acids is 2. The van der Waals surface area contributed by atoms with Crippen LogP contribution in [0.15, 0.2) is 53.4 Å². The molecule has 24 heavy (non-hydrogen) atoms. The van der Waals surface area contributed by atoms with Gasteiger partial charge < -0.3 is 10.1 Å². The number of nitrogens with two attached hydrogens (primary N) is 1. The number of carbonyl (C=O) groups is 2. The SMILES string of the molecule is Cc1ccccc1C(=O)OCC(=O)Nc1ccc(S(N)(=O)=O)cc1. The number of hydrogen-bond donors (Lipinski definition) is 2. The highest BCUT2D eigenvalue weighted by Crippen LogP contribution is 2.13. The molecule has 2 rings (SSSR count). The maximum absolute atomic E-state index is 11.9. The van der Waals surface area contributed by atoms with E-state index in [0.29, 0.717) is 11.3 Å². The van der Waals surface area contributed by atoms with Gasteiger partial charge >= 0.3 is 5.97 Å². The zero-order chi connectivity index (χ0) is 17.7. The predicted molar refractivity (Wildman–Crippen MR) is 87.9 cm³/mol. The van der Waals surface area contributed by atoms with Crippen molar-refractivity contribution in [3.63, 3.8) is 0 Å². The first kappa shape index (κ1) is 17.6. The maximum atomic E-state index is 11.9. The molecule has 0 unspecified atom stereocenters. The van der Waals surface area contributed by atoms with Crippen LogP contribution in [0, 0.1) is 6.92 Å². The molecule has 0 aromatic heterocycles. The topological polar surface area (TPSA) is 116 Å². The predicted octanol–water partition coefficient (Wildman–Crippen LogP) is 1.44. The lowest BCUT2D eigenvalue weighted by molar-refractivity contribution is -0.119. The van der Waals surface area contributed by atoms with E-state index in [-0.39, 0.29) is 4.90 Å². The Kier molecular flexibility index (Phi) is 5.32. The van der Waals surface area contributed by atoms with Gasteiger partial charge in [-0.05, 0) is 42.8 Å². The summed E-state index contributed by atoms with van der Waals surface area (Å²) in [5.41, 5.74) is 1.50. The van der Waals surface area contributed by atoms with Crippen molar-refractivity contribution in [3.8, 4) is 0 Å². The first-order valence-electron chi connectivity index (χ1n) is 6.93. The quantitative estimate of drug-likeness (QED) is 0.793. The van der Waals surface area contributed by atoms with Crippen molar-refractivity contribution in [1.82, 2.24) is 0 Å². The summed E-state index contributed by atoms with van der Waals surface area (Å²) in [6.45, 7) is 1.31. The van der Waals surface area contributed by atoms with Gasteiger partial charge in [0.15, 0.2) is 6.61 Å². The summed E-state index contributed by atoms with van der Waals surface area (Å²) in [7, 11) is -3.79. The van der Waals surface area contributed by atoms with E-state index in [0.717, 1.165) is 5.56 Å². The Bertz CT molecular complexity index is 860. The fourth-order valence-electron chi connectivity index (χ4n) is 1.94. The van der Waals surface area contributed by atoms with Crippen LogP contribution in [0.25, 0.3) is 0 Å². The van der Waals surface area contributed by atoms with Crippen LogP contribution >= 0.6 is 0 Å². The molecule has 0 bridgehead atoms. The number of sulfonamides is 1. The minimum atomic E-state index is -3.79. The van der Waals surface area contributed by atoms with Crippen LogP contribution in [0.3, 0.4) is 0 Å². The highest BCUT2D eigenvalue weighted by atomic mass is 32.2. The van der Waals surface area contributed by atoms with E-state index in [1.807, 2.05) is 0 Å². The summed E-state index contributed by atoms with van der Waals surface area (Å²) in [6, 6.07) is 12.2. The van der Waals surface area contributed by atoms with E-state index in [4.69, 9.17) is 9.88 Å². The van der Waals surface area contributed by atoms with Crippen LogP contribution in [0.4, 0.5) is 5.69 Å². The molecule has 0 spiro atoms. The van der Waals surface area contributed by atoms with Crippen LogP contribution in [-0.2, 0) is 19.6 Å². The lowest BCUT2D eigenvalue weighted by atomic mass is 10.1. The van der Waals surface area contributed by atoms with Gasteiger partial charge in [-0.25, -0.2) is 18.4 Å². The summed E-state index contributed by atoms with van der Waals surface area (Å²) < 4.78 is 27.2. The number of anilines is 1. The molecule has 126 valence electrons. The number of esters is 1. The molecule has 7 nitrogen and oxygen atoms in total. The summed E-state index contributed by atoms with van der Waals surface area (Å²) in [6.07, 6.45) is 0. The maximum Gasteiger partial charge on any atom is 0.338 e. The van der Waals surface area contributed by atoms with Gasteiger partial charge in [0, 0.05) is 5.69 Å². The lowest BCUT2D eigenvalue weighted by Gasteiger charge is -2.08. The summed E-state index contributed by atoms with van der Waals surface area (Å²) in [5, 5.41) is 7.47. The van der Waals surface area contributed by atoms with Gasteiger partial charge in [-0.2, -0.15) is 0 Å². The Balaban J connectivity index is 1.92. The minimum absolute atomic E-state index is 0.0634. The molecule has 0 aliphatic carbocycles. The largest absolute Gasteiger partial charge is 0.452 e. The Hall–Kier alpha value is -2.71. The van der Waals surface area contributed by atoms with Gasteiger partial charge in [-0.15, -0.1) is 0 Å². The molecule has 0 aliphatic rings. The Morgan fingerprint density at radius 3 is 2.29 bits per heavy atom. The third-order valence-electron chi connectivity index (χ3n) is 3.17. The molecular weight excluding hydrogens is 332 g/mol. The second-order valence-corrected chi connectivity index (χ2v) is 6.57. The summed E-state index contributed by atoms with van der Waals surface area (Å²) >= 11 is 0. The zero-order valence-corrected chi connectivity index (χ0v) is 13.7. The number of amides is 1. The molecule has 0 fully saturated rings. The van der Waals surface area contributed by atoms with Crippen molar-refractivity contribution >= 4 is 27.6 Å². The number of hydrogen-bond acceptors (Lipinski definition) is 5. The van der Waals surface area contributed by atoms with E-state index in [9.17, 15) is 18.0 Å². The van der Waals surface area contributed by atoms with Crippen LogP contribution in [0.1, 0.15) is 15.9 Å². The lowest BCUT2D eigenvalue weighted by Crippen LogP contribution is -2.21. The van der Waals surface area contributed by atoms with Gasteiger partial charge in [0.05, 0.1) is 10.5 Å². The van der Waals surface area contributed by atoms with Crippen LogP contribution in [-0.4, -0.2) is 26.9 Å². The smallest absolute Gasteiger partial charge is 0.338 e. The van der Waals surface area contributed by atoms with Crippen molar-refractivity contribution in [2.75, 3.05) is 11.9 Å². The second kappa shape index (κ2) is 7.24. The monoisotopic (exact) mass is 348 g/mol. The number of rotatable bonds is 5. The Morgan fingerprint density at radius 1 is 1.08 bits per heavy atom. The average molecular weight is 348 g/mol. The number of ether oxygens (including phenoxy) is 1. The molecule has 2 aromatic rings. The first-order valence-corrected chi connectivity index (χ1v) is 8.47. The molecule has 3 N–H and O–H groups in total. The van der Waals surface area contributed by atoms with Crippen molar-refractivity contribution in [1.29, 1.82) is 0 Å². The number of primary sulfonamides is 1. The van der Waals surface area contributed by atoms with Crippen LogP contribution in [0.5, 0.6) is 0 Å². The number of nitrogens with one attached hydrogen (secondary N) is 1. The number of benzene rings is 2. The molecule has 8 heteroatoms. The fourth-order valence-corrected chi connectivity index (χ4v) is 2.45. The molecule has 0 saturated heterocycles. The van der Waals surface area contributed by atoms with Gasteiger partial charge in [0.1, 0.15) is 0 Å².